The van der Waals surface area contributed by atoms with Crippen LogP contribution in [0.5, 0.6) is 0 Å². The summed E-state index contributed by atoms with van der Waals surface area (Å²) < 4.78 is 34.5. The number of carbonyl (C=O) groups excluding carboxylic acids is 1. The molecule has 3 saturated heterocycles. The summed E-state index contributed by atoms with van der Waals surface area (Å²) in [7, 11) is 0. The fraction of sp³-hybridized carbons (Fsp3) is 0.750. The number of nitrogens with one attached hydrogen (secondary N) is 1. The molecule has 0 saturated carbocycles. The standard InChI is InChI=1S/C84H143NO18/c1-3-5-7-9-11-13-15-17-19-21-23-25-27-28-29-30-31-32-33-34-35-36-37-38-40-42-44-46-48-50-52-54-56-58-60-62-72(90)85-67(68(89)61-59-57-55-53-51-49-47-45-43-41-39-26-24-22-20-18-16-14-12-10-8-6-4-2)66-98-82-78(96)75(93)80(70(64-87)100-82)103-84-79(97)76(94)81(71(65-88)101-84)102-83-77(95)74(92)73(91)69(63-86)99-83/h5,7,11,13,17,19,23,25,28-29,31-32,34-35,37-38,42,44,48,50,67-71,73-84,86-89,91-97H,3-4,6,8-10,12,14-16,18,20-22,24,26-27,30,33,36,39-41,43,45-47,49,51-66H2,1-2H3,(H,85,90)/b7-5-,13-11-,19-17-,25-23-,29-28-,32-31-,35-34-,38-37-,44-42-,50-48-. The van der Waals surface area contributed by atoms with E-state index >= 15 is 0 Å². The molecule has 0 spiro atoms. The monoisotopic (exact) mass is 1450 g/mol. The van der Waals surface area contributed by atoms with Gasteiger partial charge in [0.15, 0.2) is 18.9 Å². The van der Waals surface area contributed by atoms with Crippen LogP contribution in [0.15, 0.2) is 122 Å². The summed E-state index contributed by atoms with van der Waals surface area (Å²) in [5, 5.41) is 121. The first kappa shape index (κ1) is 93.4. The van der Waals surface area contributed by atoms with Crippen molar-refractivity contribution in [2.75, 3.05) is 26.4 Å². The van der Waals surface area contributed by atoms with Crippen molar-refractivity contribution < 1.29 is 89.4 Å². The fourth-order valence-corrected chi connectivity index (χ4v) is 12.9. The van der Waals surface area contributed by atoms with Crippen LogP contribution < -0.4 is 5.32 Å². The van der Waals surface area contributed by atoms with Crippen LogP contribution in [0.3, 0.4) is 0 Å². The highest BCUT2D eigenvalue weighted by molar-refractivity contribution is 5.76. The molecule has 3 heterocycles. The highest BCUT2D eigenvalue weighted by atomic mass is 16.8. The third-order valence-electron chi connectivity index (χ3n) is 19.3. The summed E-state index contributed by atoms with van der Waals surface area (Å²) in [5.74, 6) is -0.270. The summed E-state index contributed by atoms with van der Waals surface area (Å²) >= 11 is 0. The van der Waals surface area contributed by atoms with E-state index in [4.69, 9.17) is 28.4 Å². The van der Waals surface area contributed by atoms with E-state index in [0.717, 1.165) is 116 Å². The maximum absolute atomic E-state index is 13.5. The van der Waals surface area contributed by atoms with E-state index in [1.807, 2.05) is 0 Å². The number of unbranched alkanes of at least 4 members (excludes halogenated alkanes) is 26. The summed E-state index contributed by atoms with van der Waals surface area (Å²) in [6.45, 7) is 1.68. The van der Waals surface area contributed by atoms with Crippen molar-refractivity contribution in [1.82, 2.24) is 5.32 Å². The number of amides is 1. The molecule has 103 heavy (non-hydrogen) atoms. The van der Waals surface area contributed by atoms with Gasteiger partial charge >= 0.3 is 0 Å². The molecule has 3 fully saturated rings. The summed E-state index contributed by atoms with van der Waals surface area (Å²) in [6, 6.07) is -0.912. The Kier molecular flexibility index (Phi) is 57.3. The number of aliphatic hydroxyl groups is 11. The first-order valence-corrected chi connectivity index (χ1v) is 40.3. The molecule has 0 bridgehead atoms. The molecule has 19 nitrogen and oxygen atoms in total. The lowest BCUT2D eigenvalue weighted by atomic mass is 9.96. The van der Waals surface area contributed by atoms with Crippen molar-refractivity contribution in [3.63, 3.8) is 0 Å². The van der Waals surface area contributed by atoms with Crippen LogP contribution in [0, 0.1) is 0 Å². The SMILES string of the molecule is CC/C=C\C/C=C\C/C=C\C/C=C\C/C=C\C/C=C\C/C=C\C/C=C\C/C=C\C/C=C\CCCCCCC(=O)NC(COC1OC(CO)C(OC2OC(CO)C(OC3OC(CO)C(O)C(O)C3O)C(O)C2O)C(O)C1O)C(O)CCCCCCCCCCCCCCCCCCCCCCCCC. The molecule has 0 aromatic heterocycles. The van der Waals surface area contributed by atoms with E-state index in [1.165, 1.54) is 122 Å². The molecule has 0 radical (unpaired) electrons. The summed E-state index contributed by atoms with van der Waals surface area (Å²) in [4.78, 5) is 13.5. The van der Waals surface area contributed by atoms with E-state index in [2.05, 4.69) is 141 Å². The van der Waals surface area contributed by atoms with Crippen LogP contribution >= 0.6 is 0 Å². The largest absolute Gasteiger partial charge is 0.394 e. The number of ether oxygens (including phenoxy) is 6. The van der Waals surface area contributed by atoms with Crippen molar-refractivity contribution in [3.05, 3.63) is 122 Å². The van der Waals surface area contributed by atoms with Gasteiger partial charge in [0.1, 0.15) is 73.2 Å². The molecule has 0 aromatic carbocycles. The maximum Gasteiger partial charge on any atom is 0.220 e. The van der Waals surface area contributed by atoms with E-state index in [-0.39, 0.29) is 18.9 Å². The molecule has 1 amide bonds. The van der Waals surface area contributed by atoms with Gasteiger partial charge in [-0.2, -0.15) is 0 Å². The Bertz CT molecular complexity index is 2330. The van der Waals surface area contributed by atoms with Gasteiger partial charge in [0.25, 0.3) is 0 Å². The van der Waals surface area contributed by atoms with Crippen molar-refractivity contribution in [2.24, 2.45) is 0 Å². The number of hydrogen-bond acceptors (Lipinski definition) is 18. The quantitative estimate of drug-likeness (QED) is 0.0199. The van der Waals surface area contributed by atoms with Crippen molar-refractivity contribution in [2.45, 2.75) is 375 Å². The molecule has 0 aliphatic carbocycles. The molecule has 17 unspecified atom stereocenters. The maximum atomic E-state index is 13.5. The lowest BCUT2D eigenvalue weighted by molar-refractivity contribution is -0.379. The smallest absolute Gasteiger partial charge is 0.220 e. The molecule has 17 atom stereocenters. The Hall–Kier alpha value is -3.81. The van der Waals surface area contributed by atoms with Gasteiger partial charge < -0.3 is 89.9 Å². The lowest BCUT2D eigenvalue weighted by Crippen LogP contribution is -2.66. The normalized spacial score (nSPS) is 26.7. The second-order valence-corrected chi connectivity index (χ2v) is 28.2. The highest BCUT2D eigenvalue weighted by Crippen LogP contribution is 2.33. The van der Waals surface area contributed by atoms with Gasteiger partial charge in [0, 0.05) is 6.42 Å². The predicted molar refractivity (Wildman–Crippen MR) is 410 cm³/mol. The minimum absolute atomic E-state index is 0.229. The summed E-state index contributed by atoms with van der Waals surface area (Å²) in [6.07, 6.45) is 61.3. The highest BCUT2D eigenvalue weighted by Gasteiger charge is 2.54. The number of aliphatic hydroxyl groups excluding tert-OH is 11. The summed E-state index contributed by atoms with van der Waals surface area (Å²) in [5.41, 5.74) is 0. The molecular formula is C84H143NO18. The van der Waals surface area contributed by atoms with Gasteiger partial charge in [-0.1, -0.05) is 296 Å². The van der Waals surface area contributed by atoms with E-state index < -0.39 is 124 Å². The predicted octanol–water partition coefficient (Wildman–Crippen LogP) is 13.5. The van der Waals surface area contributed by atoms with E-state index in [0.29, 0.717) is 12.8 Å². The van der Waals surface area contributed by atoms with E-state index in [1.54, 1.807) is 0 Å². The van der Waals surface area contributed by atoms with Crippen LogP contribution in [-0.4, -0.2) is 193 Å². The second-order valence-electron chi connectivity index (χ2n) is 28.2. The van der Waals surface area contributed by atoms with Gasteiger partial charge in [-0.25, -0.2) is 0 Å². The van der Waals surface area contributed by atoms with Crippen molar-refractivity contribution in [3.8, 4) is 0 Å². The number of rotatable bonds is 62. The van der Waals surface area contributed by atoms with Crippen LogP contribution in [0.25, 0.3) is 0 Å². The number of carbonyl (C=O) groups is 1. The first-order valence-electron chi connectivity index (χ1n) is 40.3. The zero-order valence-electron chi connectivity index (χ0n) is 63.3. The van der Waals surface area contributed by atoms with Crippen molar-refractivity contribution in [1.29, 1.82) is 0 Å². The Morgan fingerprint density at radius 1 is 0.359 bits per heavy atom. The third kappa shape index (κ3) is 43.1. The molecule has 12 N–H and O–H groups in total. The molecule has 592 valence electrons. The van der Waals surface area contributed by atoms with Gasteiger partial charge in [0.05, 0.1) is 38.6 Å². The lowest BCUT2D eigenvalue weighted by Gasteiger charge is -2.48. The molecule has 3 aliphatic heterocycles. The van der Waals surface area contributed by atoms with Crippen LogP contribution in [0.4, 0.5) is 0 Å². The Balaban J connectivity index is 1.39. The van der Waals surface area contributed by atoms with Crippen LogP contribution in [0.1, 0.15) is 271 Å². The molecule has 0 aromatic rings. The molecule has 3 aliphatic rings. The first-order chi connectivity index (χ1) is 50.3. The number of allylic oxidation sites excluding steroid dienone is 20. The minimum Gasteiger partial charge on any atom is -0.394 e. The average molecular weight is 1460 g/mol. The average Bonchev–Trinajstić information content (AvgIpc) is 0.781. The Morgan fingerprint density at radius 3 is 1.05 bits per heavy atom. The second kappa shape index (κ2) is 63.2. The van der Waals surface area contributed by atoms with Gasteiger partial charge in [-0.05, 0) is 89.9 Å². The van der Waals surface area contributed by atoms with Crippen LogP contribution in [-0.2, 0) is 33.2 Å². The van der Waals surface area contributed by atoms with Gasteiger partial charge in [-0.15, -0.1) is 0 Å². The van der Waals surface area contributed by atoms with Gasteiger partial charge in [-0.3, -0.25) is 4.79 Å². The Morgan fingerprint density at radius 2 is 0.670 bits per heavy atom. The van der Waals surface area contributed by atoms with Gasteiger partial charge in [0.2, 0.25) is 5.91 Å². The molecular weight excluding hydrogens is 1310 g/mol. The minimum atomic E-state index is -1.98. The van der Waals surface area contributed by atoms with E-state index in [9.17, 15) is 61.0 Å². The van der Waals surface area contributed by atoms with Crippen molar-refractivity contribution >= 4 is 5.91 Å². The molecule has 19 heteroatoms. The third-order valence-corrected chi connectivity index (χ3v) is 19.3. The van der Waals surface area contributed by atoms with Crippen LogP contribution in [0.2, 0.25) is 0 Å². The fourth-order valence-electron chi connectivity index (χ4n) is 12.9. The zero-order valence-corrected chi connectivity index (χ0v) is 63.3. The topological polar surface area (TPSA) is 307 Å². The number of hydrogen-bond donors (Lipinski definition) is 12. The molecule has 3 rings (SSSR count). The zero-order chi connectivity index (χ0) is 74.6. The Labute approximate surface area is 620 Å².